The van der Waals surface area contributed by atoms with Crippen molar-refractivity contribution in [3.05, 3.63) is 54.1 Å². The van der Waals surface area contributed by atoms with E-state index in [0.717, 1.165) is 44.3 Å². The molecule has 0 atom stereocenters. The van der Waals surface area contributed by atoms with E-state index in [1.165, 1.54) is 17.7 Å². The highest BCUT2D eigenvalue weighted by molar-refractivity contribution is 5.51. The number of anilines is 1. The van der Waals surface area contributed by atoms with E-state index in [1.54, 1.807) is 7.11 Å². The Hall–Kier alpha value is -2.20. The first-order chi connectivity index (χ1) is 12.7. The van der Waals surface area contributed by atoms with Gasteiger partial charge in [-0.1, -0.05) is 25.1 Å². The zero-order chi connectivity index (χ0) is 18.8. The Morgan fingerprint density at radius 1 is 0.923 bits per heavy atom. The van der Waals surface area contributed by atoms with Gasteiger partial charge in [-0.3, -0.25) is 0 Å². The predicted molar refractivity (Wildman–Crippen MR) is 109 cm³/mol. The third-order valence-corrected chi connectivity index (χ3v) is 4.44. The number of rotatable bonds is 11. The van der Waals surface area contributed by atoms with Crippen molar-refractivity contribution in [1.82, 2.24) is 4.90 Å². The topological polar surface area (TPSA) is 24.9 Å². The van der Waals surface area contributed by atoms with Crippen molar-refractivity contribution < 1.29 is 9.47 Å². The van der Waals surface area contributed by atoms with E-state index in [-0.39, 0.29) is 0 Å². The molecule has 142 valence electrons. The van der Waals surface area contributed by atoms with Gasteiger partial charge in [-0.05, 0) is 56.8 Å². The average Bonchev–Trinajstić information content (AvgIpc) is 2.67. The maximum atomic E-state index is 5.85. The highest BCUT2D eigenvalue weighted by Gasteiger charge is 2.07. The first-order valence-electron chi connectivity index (χ1n) is 9.45. The molecule has 0 radical (unpaired) electrons. The van der Waals surface area contributed by atoms with Gasteiger partial charge in [-0.2, -0.15) is 0 Å². The molecule has 4 heteroatoms. The molecule has 0 amide bonds. The number of benzene rings is 2. The largest absolute Gasteiger partial charge is 0.497 e. The van der Waals surface area contributed by atoms with Gasteiger partial charge in [0.05, 0.1) is 7.11 Å². The van der Waals surface area contributed by atoms with E-state index < -0.39 is 0 Å². The average molecular weight is 357 g/mol. The number of methoxy groups -OCH3 is 1. The van der Waals surface area contributed by atoms with Crippen LogP contribution in [0.5, 0.6) is 11.5 Å². The SMILES string of the molecule is CCCN(C)CCOc1ccc(CN(CC)c2cccc(OC)c2)cc1. The molecular formula is C22H32N2O2. The molecule has 0 saturated carbocycles. The van der Waals surface area contributed by atoms with Gasteiger partial charge in [0.15, 0.2) is 0 Å². The number of hydrogen-bond acceptors (Lipinski definition) is 4. The molecule has 0 fully saturated rings. The maximum Gasteiger partial charge on any atom is 0.120 e. The van der Waals surface area contributed by atoms with E-state index in [9.17, 15) is 0 Å². The zero-order valence-electron chi connectivity index (χ0n) is 16.6. The first-order valence-corrected chi connectivity index (χ1v) is 9.45. The van der Waals surface area contributed by atoms with E-state index in [0.29, 0.717) is 0 Å². The summed E-state index contributed by atoms with van der Waals surface area (Å²) >= 11 is 0. The third-order valence-electron chi connectivity index (χ3n) is 4.44. The van der Waals surface area contributed by atoms with Gasteiger partial charge in [-0.15, -0.1) is 0 Å². The molecule has 2 rings (SSSR count). The molecule has 0 spiro atoms. The molecule has 2 aromatic carbocycles. The van der Waals surface area contributed by atoms with Gasteiger partial charge >= 0.3 is 0 Å². The summed E-state index contributed by atoms with van der Waals surface area (Å²) in [6, 6.07) is 16.6. The fourth-order valence-corrected chi connectivity index (χ4v) is 2.92. The highest BCUT2D eigenvalue weighted by Crippen LogP contribution is 2.23. The Morgan fingerprint density at radius 2 is 1.69 bits per heavy atom. The van der Waals surface area contributed by atoms with Crippen LogP contribution in [-0.4, -0.2) is 45.3 Å². The fourth-order valence-electron chi connectivity index (χ4n) is 2.92. The lowest BCUT2D eigenvalue weighted by molar-refractivity contribution is 0.237. The first kappa shape index (κ1) is 20.1. The second kappa shape index (κ2) is 10.7. The van der Waals surface area contributed by atoms with Crippen molar-refractivity contribution >= 4 is 5.69 Å². The van der Waals surface area contributed by atoms with Crippen molar-refractivity contribution in [3.63, 3.8) is 0 Å². The lowest BCUT2D eigenvalue weighted by atomic mass is 10.2. The van der Waals surface area contributed by atoms with Crippen LogP contribution in [0.1, 0.15) is 25.8 Å². The van der Waals surface area contributed by atoms with Gasteiger partial charge in [-0.25, -0.2) is 0 Å². The van der Waals surface area contributed by atoms with Gasteiger partial charge in [0, 0.05) is 31.4 Å². The summed E-state index contributed by atoms with van der Waals surface area (Å²) in [6.45, 7) is 8.96. The monoisotopic (exact) mass is 356 g/mol. The number of ether oxygens (including phenoxy) is 2. The van der Waals surface area contributed by atoms with Crippen molar-refractivity contribution in [2.24, 2.45) is 0 Å². The van der Waals surface area contributed by atoms with E-state index in [4.69, 9.17) is 9.47 Å². The van der Waals surface area contributed by atoms with E-state index in [1.807, 2.05) is 12.1 Å². The predicted octanol–water partition coefficient (Wildman–Crippen LogP) is 4.44. The van der Waals surface area contributed by atoms with Gasteiger partial charge in [0.25, 0.3) is 0 Å². The molecule has 0 aliphatic rings. The molecule has 0 bridgehead atoms. The van der Waals surface area contributed by atoms with Gasteiger partial charge in [0.2, 0.25) is 0 Å². The molecule has 0 aliphatic heterocycles. The summed E-state index contributed by atoms with van der Waals surface area (Å²) < 4.78 is 11.2. The molecule has 4 nitrogen and oxygen atoms in total. The Kier molecular flexibility index (Phi) is 8.29. The summed E-state index contributed by atoms with van der Waals surface area (Å²) in [5, 5.41) is 0. The van der Waals surface area contributed by atoms with Crippen LogP contribution in [0.3, 0.4) is 0 Å². The molecule has 0 saturated heterocycles. The van der Waals surface area contributed by atoms with Crippen LogP contribution in [-0.2, 0) is 6.54 Å². The number of hydrogen-bond donors (Lipinski definition) is 0. The lowest BCUT2D eigenvalue weighted by Gasteiger charge is -2.24. The molecule has 0 aliphatic carbocycles. The Labute approximate surface area is 158 Å². The fraction of sp³-hybridized carbons (Fsp3) is 0.455. The van der Waals surface area contributed by atoms with Crippen LogP contribution >= 0.6 is 0 Å². The normalized spacial score (nSPS) is 10.8. The summed E-state index contributed by atoms with van der Waals surface area (Å²) in [7, 11) is 3.84. The zero-order valence-corrected chi connectivity index (χ0v) is 16.6. The summed E-state index contributed by atoms with van der Waals surface area (Å²) in [6.07, 6.45) is 1.17. The minimum atomic E-state index is 0.723. The van der Waals surface area contributed by atoms with Gasteiger partial charge in [0.1, 0.15) is 18.1 Å². The second-order valence-electron chi connectivity index (χ2n) is 6.51. The summed E-state index contributed by atoms with van der Waals surface area (Å²) in [4.78, 5) is 4.62. The van der Waals surface area contributed by atoms with Crippen LogP contribution in [0.25, 0.3) is 0 Å². The molecule has 0 aromatic heterocycles. The lowest BCUT2D eigenvalue weighted by Crippen LogP contribution is -2.24. The highest BCUT2D eigenvalue weighted by atomic mass is 16.5. The third kappa shape index (κ3) is 6.26. The van der Waals surface area contributed by atoms with Crippen LogP contribution in [0.2, 0.25) is 0 Å². The van der Waals surface area contributed by atoms with Crippen molar-refractivity contribution in [1.29, 1.82) is 0 Å². The Balaban J connectivity index is 1.90. The minimum Gasteiger partial charge on any atom is -0.497 e. The smallest absolute Gasteiger partial charge is 0.120 e. The van der Waals surface area contributed by atoms with Crippen molar-refractivity contribution in [3.8, 4) is 11.5 Å². The molecular weight excluding hydrogens is 324 g/mol. The van der Waals surface area contributed by atoms with Crippen LogP contribution in [0.15, 0.2) is 48.5 Å². The second-order valence-corrected chi connectivity index (χ2v) is 6.51. The Bertz CT molecular complexity index is 643. The van der Waals surface area contributed by atoms with Crippen molar-refractivity contribution in [2.45, 2.75) is 26.8 Å². The van der Waals surface area contributed by atoms with E-state index >= 15 is 0 Å². The quantitative estimate of drug-likeness (QED) is 0.594. The Morgan fingerprint density at radius 3 is 2.35 bits per heavy atom. The number of nitrogens with zero attached hydrogens (tertiary/aromatic N) is 2. The molecule has 0 N–H and O–H groups in total. The number of likely N-dealkylation sites (N-methyl/N-ethyl adjacent to an activating group) is 1. The minimum absolute atomic E-state index is 0.723. The molecule has 2 aromatic rings. The molecule has 26 heavy (non-hydrogen) atoms. The molecule has 0 heterocycles. The van der Waals surface area contributed by atoms with Crippen LogP contribution < -0.4 is 14.4 Å². The van der Waals surface area contributed by atoms with E-state index in [2.05, 4.69) is 67.1 Å². The standard InChI is InChI=1S/C22H32N2O2/c1-5-14-23(3)15-16-26-21-12-10-19(11-13-21)18-24(6-2)20-8-7-9-22(17-20)25-4/h7-13,17H,5-6,14-16,18H2,1-4H3. The summed E-state index contributed by atoms with van der Waals surface area (Å²) in [5.74, 6) is 1.82. The summed E-state index contributed by atoms with van der Waals surface area (Å²) in [5.41, 5.74) is 2.44. The van der Waals surface area contributed by atoms with Crippen LogP contribution in [0.4, 0.5) is 5.69 Å². The molecule has 0 unspecified atom stereocenters. The van der Waals surface area contributed by atoms with Gasteiger partial charge < -0.3 is 19.3 Å². The maximum absolute atomic E-state index is 5.85. The van der Waals surface area contributed by atoms with Crippen molar-refractivity contribution in [2.75, 3.05) is 45.3 Å². The van der Waals surface area contributed by atoms with Crippen LogP contribution in [0, 0.1) is 0 Å².